The van der Waals surface area contributed by atoms with Gasteiger partial charge in [-0.15, -0.1) is 0 Å². The Balaban J connectivity index is 1.92. The zero-order chi connectivity index (χ0) is 14.6. The van der Waals surface area contributed by atoms with Gasteiger partial charge in [-0.1, -0.05) is 6.92 Å². The van der Waals surface area contributed by atoms with E-state index in [1.807, 2.05) is 12.1 Å². The number of hydrogen-bond donors (Lipinski definition) is 1. The van der Waals surface area contributed by atoms with Crippen LogP contribution in [0.3, 0.4) is 0 Å². The van der Waals surface area contributed by atoms with Gasteiger partial charge in [-0.25, -0.2) is 8.42 Å². The van der Waals surface area contributed by atoms with Gasteiger partial charge in [0.2, 0.25) is 0 Å². The lowest BCUT2D eigenvalue weighted by Gasteiger charge is -2.16. The third kappa shape index (κ3) is 3.73. The molecule has 20 heavy (non-hydrogen) atoms. The fraction of sp³-hybridized carbons (Fsp3) is 0.600. The zero-order valence-corrected chi connectivity index (χ0v) is 13.0. The molecule has 0 aromatic heterocycles. The second kappa shape index (κ2) is 6.14. The molecule has 0 heterocycles. The Morgan fingerprint density at radius 3 is 2.40 bits per heavy atom. The Bertz CT molecular complexity index is 533. The fourth-order valence-electron chi connectivity index (χ4n) is 2.25. The Hall–Kier alpha value is -1.07. The van der Waals surface area contributed by atoms with E-state index in [0.717, 1.165) is 25.3 Å². The summed E-state index contributed by atoms with van der Waals surface area (Å²) in [5, 5.41) is 3.40. The van der Waals surface area contributed by atoms with Crippen molar-refractivity contribution in [3.8, 4) is 0 Å². The highest BCUT2D eigenvalue weighted by molar-refractivity contribution is 7.91. The largest absolute Gasteiger partial charge is 0.385 e. The van der Waals surface area contributed by atoms with Crippen molar-refractivity contribution in [2.45, 2.75) is 31.1 Å². The molecule has 1 N–H and O–H groups in total. The SMILES string of the molecule is CCS(=O)(=O)c1ccc(NCC2(CCOC)CC2)cc1. The monoisotopic (exact) mass is 297 g/mol. The predicted molar refractivity (Wildman–Crippen MR) is 80.8 cm³/mol. The highest BCUT2D eigenvalue weighted by Crippen LogP contribution is 2.48. The minimum absolute atomic E-state index is 0.139. The van der Waals surface area contributed by atoms with Crippen molar-refractivity contribution in [1.29, 1.82) is 0 Å². The van der Waals surface area contributed by atoms with Crippen molar-refractivity contribution in [3.63, 3.8) is 0 Å². The molecular formula is C15H23NO3S. The van der Waals surface area contributed by atoms with Crippen molar-refractivity contribution in [1.82, 2.24) is 0 Å². The van der Waals surface area contributed by atoms with Crippen molar-refractivity contribution in [2.75, 3.05) is 31.3 Å². The summed E-state index contributed by atoms with van der Waals surface area (Å²) in [7, 11) is -1.37. The van der Waals surface area contributed by atoms with Crippen molar-refractivity contribution in [3.05, 3.63) is 24.3 Å². The number of benzene rings is 1. The number of methoxy groups -OCH3 is 1. The molecule has 4 nitrogen and oxygen atoms in total. The van der Waals surface area contributed by atoms with Crippen molar-refractivity contribution < 1.29 is 13.2 Å². The van der Waals surface area contributed by atoms with Crippen LogP contribution in [0.5, 0.6) is 0 Å². The summed E-state index contributed by atoms with van der Waals surface area (Å²) in [4.78, 5) is 0.395. The van der Waals surface area contributed by atoms with Crippen LogP contribution in [0.2, 0.25) is 0 Å². The van der Waals surface area contributed by atoms with Gasteiger partial charge in [-0.05, 0) is 48.9 Å². The molecule has 0 aliphatic heterocycles. The molecule has 1 aliphatic carbocycles. The van der Waals surface area contributed by atoms with Crippen LogP contribution in [0.25, 0.3) is 0 Å². The second-order valence-corrected chi connectivity index (χ2v) is 7.80. The molecule has 2 rings (SSSR count). The van der Waals surface area contributed by atoms with E-state index in [1.165, 1.54) is 12.8 Å². The van der Waals surface area contributed by atoms with Gasteiger partial charge in [-0.3, -0.25) is 0 Å². The fourth-order valence-corrected chi connectivity index (χ4v) is 3.13. The smallest absolute Gasteiger partial charge is 0.178 e. The Morgan fingerprint density at radius 2 is 1.90 bits per heavy atom. The van der Waals surface area contributed by atoms with Gasteiger partial charge < -0.3 is 10.1 Å². The van der Waals surface area contributed by atoms with Gasteiger partial charge in [0.25, 0.3) is 0 Å². The third-order valence-electron chi connectivity index (χ3n) is 4.05. The van der Waals surface area contributed by atoms with Crippen LogP contribution in [0.4, 0.5) is 5.69 Å². The van der Waals surface area contributed by atoms with E-state index in [4.69, 9.17) is 4.74 Å². The molecule has 0 amide bonds. The van der Waals surface area contributed by atoms with E-state index < -0.39 is 9.84 Å². The first-order valence-electron chi connectivity index (χ1n) is 7.07. The molecule has 1 aromatic carbocycles. The van der Waals surface area contributed by atoms with E-state index in [9.17, 15) is 8.42 Å². The van der Waals surface area contributed by atoms with E-state index in [0.29, 0.717) is 10.3 Å². The summed E-state index contributed by atoms with van der Waals surface area (Å²) in [5.74, 6) is 0.139. The molecule has 0 unspecified atom stereocenters. The topological polar surface area (TPSA) is 55.4 Å². The second-order valence-electron chi connectivity index (χ2n) is 5.52. The van der Waals surface area contributed by atoms with E-state index in [1.54, 1.807) is 26.2 Å². The van der Waals surface area contributed by atoms with Crippen LogP contribution in [-0.2, 0) is 14.6 Å². The number of hydrogen-bond acceptors (Lipinski definition) is 4. The lowest BCUT2D eigenvalue weighted by molar-refractivity contribution is 0.175. The molecule has 5 heteroatoms. The van der Waals surface area contributed by atoms with Gasteiger partial charge in [0.1, 0.15) is 0 Å². The normalized spacial score (nSPS) is 16.9. The number of anilines is 1. The minimum atomic E-state index is -3.10. The molecule has 0 saturated heterocycles. The van der Waals surface area contributed by atoms with Gasteiger partial charge >= 0.3 is 0 Å². The highest BCUT2D eigenvalue weighted by Gasteiger charge is 2.41. The maximum Gasteiger partial charge on any atom is 0.178 e. The first kappa shape index (κ1) is 15.3. The number of nitrogens with one attached hydrogen (secondary N) is 1. The molecule has 1 fully saturated rings. The average Bonchev–Trinajstić information content (AvgIpc) is 3.24. The molecule has 112 valence electrons. The van der Waals surface area contributed by atoms with E-state index >= 15 is 0 Å². The zero-order valence-electron chi connectivity index (χ0n) is 12.2. The number of ether oxygens (including phenoxy) is 1. The minimum Gasteiger partial charge on any atom is -0.385 e. The van der Waals surface area contributed by atoms with Crippen LogP contribution >= 0.6 is 0 Å². The van der Waals surface area contributed by atoms with Crippen LogP contribution in [-0.4, -0.2) is 34.4 Å². The lowest BCUT2D eigenvalue weighted by atomic mass is 10.0. The predicted octanol–water partition coefficient (Wildman–Crippen LogP) is 2.71. The number of rotatable bonds is 8. The van der Waals surface area contributed by atoms with Crippen LogP contribution < -0.4 is 5.32 Å². The Kier molecular flexibility index (Phi) is 4.70. The van der Waals surface area contributed by atoms with Crippen LogP contribution in [0.1, 0.15) is 26.2 Å². The first-order valence-corrected chi connectivity index (χ1v) is 8.72. The molecule has 0 bridgehead atoms. The third-order valence-corrected chi connectivity index (χ3v) is 5.81. The molecule has 0 atom stereocenters. The highest BCUT2D eigenvalue weighted by atomic mass is 32.2. The van der Waals surface area contributed by atoms with Gasteiger partial charge in [-0.2, -0.15) is 0 Å². The summed E-state index contributed by atoms with van der Waals surface area (Å²) in [5.41, 5.74) is 1.35. The first-order chi connectivity index (χ1) is 9.51. The average molecular weight is 297 g/mol. The van der Waals surface area contributed by atoms with E-state index in [2.05, 4.69) is 5.32 Å². The van der Waals surface area contributed by atoms with Crippen molar-refractivity contribution in [2.24, 2.45) is 5.41 Å². The maximum atomic E-state index is 11.7. The quantitative estimate of drug-likeness (QED) is 0.801. The molecule has 1 saturated carbocycles. The molecule has 0 radical (unpaired) electrons. The molecule has 0 spiro atoms. The van der Waals surface area contributed by atoms with Crippen LogP contribution in [0, 0.1) is 5.41 Å². The van der Waals surface area contributed by atoms with Gasteiger partial charge in [0.15, 0.2) is 9.84 Å². The van der Waals surface area contributed by atoms with E-state index in [-0.39, 0.29) is 5.75 Å². The molecular weight excluding hydrogens is 274 g/mol. The summed E-state index contributed by atoms with van der Waals surface area (Å²) < 4.78 is 28.6. The Labute approximate surface area is 121 Å². The molecule has 1 aromatic rings. The van der Waals surface area contributed by atoms with Crippen molar-refractivity contribution >= 4 is 15.5 Å². The van der Waals surface area contributed by atoms with Gasteiger partial charge in [0, 0.05) is 25.9 Å². The standard InChI is InChI=1S/C15H23NO3S/c1-3-20(17,18)14-6-4-13(5-7-14)16-12-15(8-9-15)10-11-19-2/h4-7,16H,3,8-12H2,1-2H3. The van der Waals surface area contributed by atoms with Crippen LogP contribution in [0.15, 0.2) is 29.2 Å². The summed E-state index contributed by atoms with van der Waals surface area (Å²) >= 11 is 0. The maximum absolute atomic E-state index is 11.7. The number of sulfone groups is 1. The molecule has 1 aliphatic rings. The van der Waals surface area contributed by atoms with Gasteiger partial charge in [0.05, 0.1) is 10.6 Å². The summed E-state index contributed by atoms with van der Waals surface area (Å²) in [6, 6.07) is 7.04. The Morgan fingerprint density at radius 1 is 1.25 bits per heavy atom. The summed E-state index contributed by atoms with van der Waals surface area (Å²) in [6.45, 7) is 3.39. The summed E-state index contributed by atoms with van der Waals surface area (Å²) in [6.07, 6.45) is 3.57. The lowest BCUT2D eigenvalue weighted by Crippen LogP contribution is -2.17.